The van der Waals surface area contributed by atoms with Crippen molar-refractivity contribution in [1.82, 2.24) is 4.90 Å². The van der Waals surface area contributed by atoms with Crippen LogP contribution in [0, 0.1) is 0 Å². The lowest BCUT2D eigenvalue weighted by atomic mass is 10.0. The summed E-state index contributed by atoms with van der Waals surface area (Å²) < 4.78 is 11.3. The molecule has 0 radical (unpaired) electrons. The van der Waals surface area contributed by atoms with Gasteiger partial charge in [0.25, 0.3) is 0 Å². The van der Waals surface area contributed by atoms with Crippen LogP contribution in [0.15, 0.2) is 78.9 Å². The molecule has 1 saturated heterocycles. The maximum atomic E-state index is 10.6. The zero-order valence-corrected chi connectivity index (χ0v) is 20.8. The number of methoxy groups -OCH3 is 1. The summed E-state index contributed by atoms with van der Waals surface area (Å²) in [5.41, 5.74) is 3.82. The number of rotatable bonds is 12. The molecule has 1 unspecified atom stereocenters. The maximum absolute atomic E-state index is 10.6. The third-order valence-corrected chi connectivity index (χ3v) is 6.69. The smallest absolute Gasteiger partial charge is 0.122 e. The highest BCUT2D eigenvalue weighted by Gasteiger charge is 2.20. The van der Waals surface area contributed by atoms with E-state index in [-0.39, 0.29) is 0 Å². The molecule has 0 spiro atoms. The molecule has 0 aromatic heterocycles. The standard InChI is InChI=1S/C30H38N2O3/c1-34-29-17-15-25(16-18-29)9-5-6-10-26-11-7-8-14-30(26)35-24-28(33)23-31-19-21-32(22-20-31)27-12-3-2-4-13-27/h2-4,7-8,11-18,28,33H,5-6,9-10,19-24H2,1H3. The van der Waals surface area contributed by atoms with Crippen molar-refractivity contribution >= 4 is 5.69 Å². The van der Waals surface area contributed by atoms with Gasteiger partial charge in [-0.15, -0.1) is 0 Å². The lowest BCUT2D eigenvalue weighted by molar-refractivity contribution is 0.0660. The number of hydrogen-bond acceptors (Lipinski definition) is 5. The van der Waals surface area contributed by atoms with E-state index in [2.05, 4.69) is 64.4 Å². The molecule has 0 amide bonds. The van der Waals surface area contributed by atoms with Gasteiger partial charge >= 0.3 is 0 Å². The van der Waals surface area contributed by atoms with Crippen LogP contribution in [-0.2, 0) is 12.8 Å². The Morgan fingerprint density at radius 3 is 2.23 bits per heavy atom. The molecule has 0 saturated carbocycles. The number of aryl methyl sites for hydroxylation is 2. The van der Waals surface area contributed by atoms with Crippen LogP contribution in [0.5, 0.6) is 11.5 Å². The normalized spacial score (nSPS) is 15.1. The molecule has 3 aromatic carbocycles. The number of piperazine rings is 1. The predicted octanol–water partition coefficient (Wildman–Crippen LogP) is 4.82. The number of β-amino-alcohol motifs (C(OH)–C–C–N with tert-alkyl or cyclic N) is 1. The molecular formula is C30H38N2O3. The number of ether oxygens (including phenoxy) is 2. The molecule has 1 aliphatic heterocycles. The fraction of sp³-hybridized carbons (Fsp3) is 0.400. The molecule has 3 aromatic rings. The third-order valence-electron chi connectivity index (χ3n) is 6.69. The van der Waals surface area contributed by atoms with Crippen LogP contribution in [0.2, 0.25) is 0 Å². The lowest BCUT2D eigenvalue weighted by Gasteiger charge is -2.36. The third kappa shape index (κ3) is 7.74. The van der Waals surface area contributed by atoms with E-state index in [1.807, 2.05) is 24.3 Å². The first-order chi connectivity index (χ1) is 17.2. The van der Waals surface area contributed by atoms with Crippen molar-refractivity contribution in [3.8, 4) is 11.5 Å². The Kier molecular flexibility index (Phi) is 9.44. The molecule has 1 aliphatic rings. The number of para-hydroxylation sites is 2. The van der Waals surface area contributed by atoms with E-state index >= 15 is 0 Å². The van der Waals surface area contributed by atoms with Crippen LogP contribution >= 0.6 is 0 Å². The molecular weight excluding hydrogens is 436 g/mol. The predicted molar refractivity (Wildman–Crippen MR) is 143 cm³/mol. The number of hydrogen-bond donors (Lipinski definition) is 1. The quantitative estimate of drug-likeness (QED) is 0.381. The Morgan fingerprint density at radius 1 is 0.800 bits per heavy atom. The number of aliphatic hydroxyl groups excluding tert-OH is 1. The molecule has 1 fully saturated rings. The first-order valence-electron chi connectivity index (χ1n) is 12.8. The van der Waals surface area contributed by atoms with Gasteiger partial charge in [0.05, 0.1) is 7.11 Å². The Labute approximate surface area is 209 Å². The van der Waals surface area contributed by atoms with Crippen LogP contribution in [0.3, 0.4) is 0 Å². The molecule has 5 heteroatoms. The van der Waals surface area contributed by atoms with E-state index in [1.54, 1.807) is 7.11 Å². The first-order valence-corrected chi connectivity index (χ1v) is 12.8. The van der Waals surface area contributed by atoms with Crippen molar-refractivity contribution in [1.29, 1.82) is 0 Å². The molecule has 1 heterocycles. The fourth-order valence-corrected chi connectivity index (χ4v) is 4.65. The Hall–Kier alpha value is -3.02. The van der Waals surface area contributed by atoms with Gasteiger partial charge < -0.3 is 19.5 Å². The SMILES string of the molecule is COc1ccc(CCCCc2ccccc2OCC(O)CN2CCN(c3ccccc3)CC2)cc1. The van der Waals surface area contributed by atoms with Gasteiger partial charge in [0.1, 0.15) is 24.2 Å². The van der Waals surface area contributed by atoms with Crippen LogP contribution in [0.1, 0.15) is 24.0 Å². The second-order valence-electron chi connectivity index (χ2n) is 9.25. The maximum Gasteiger partial charge on any atom is 0.122 e. The van der Waals surface area contributed by atoms with Crippen molar-refractivity contribution in [2.24, 2.45) is 0 Å². The summed E-state index contributed by atoms with van der Waals surface area (Å²) in [6, 6.07) is 27.1. The van der Waals surface area contributed by atoms with Crippen LogP contribution in [0.4, 0.5) is 5.69 Å². The summed E-state index contributed by atoms with van der Waals surface area (Å²) in [4.78, 5) is 4.74. The summed E-state index contributed by atoms with van der Waals surface area (Å²) in [7, 11) is 1.70. The molecule has 5 nitrogen and oxygen atoms in total. The van der Waals surface area contributed by atoms with E-state index in [0.29, 0.717) is 13.2 Å². The van der Waals surface area contributed by atoms with Gasteiger partial charge in [-0.25, -0.2) is 0 Å². The Bertz CT molecular complexity index is 1000. The number of nitrogens with zero attached hydrogens (tertiary/aromatic N) is 2. The van der Waals surface area contributed by atoms with Crippen molar-refractivity contribution in [2.45, 2.75) is 31.8 Å². The van der Waals surface area contributed by atoms with E-state index in [9.17, 15) is 5.11 Å². The molecule has 1 N–H and O–H groups in total. The second kappa shape index (κ2) is 13.2. The highest BCUT2D eigenvalue weighted by molar-refractivity contribution is 5.46. The zero-order chi connectivity index (χ0) is 24.3. The van der Waals surface area contributed by atoms with Crippen LogP contribution in [-0.4, -0.2) is 62.6 Å². The second-order valence-corrected chi connectivity index (χ2v) is 9.25. The Balaban J connectivity index is 1.17. The minimum atomic E-state index is -0.499. The van der Waals surface area contributed by atoms with E-state index in [1.165, 1.54) is 16.8 Å². The minimum Gasteiger partial charge on any atom is -0.497 e. The first kappa shape index (κ1) is 25.1. The average molecular weight is 475 g/mol. The van der Waals surface area contributed by atoms with Crippen molar-refractivity contribution in [3.05, 3.63) is 90.0 Å². The van der Waals surface area contributed by atoms with E-state index in [4.69, 9.17) is 9.47 Å². The topological polar surface area (TPSA) is 45.2 Å². The lowest BCUT2D eigenvalue weighted by Crippen LogP contribution is -2.49. The molecule has 0 bridgehead atoms. The average Bonchev–Trinajstić information content (AvgIpc) is 2.92. The summed E-state index contributed by atoms with van der Waals surface area (Å²) in [5.74, 6) is 1.79. The molecule has 1 atom stereocenters. The summed E-state index contributed by atoms with van der Waals surface area (Å²) in [6.07, 6.45) is 3.76. The van der Waals surface area contributed by atoms with Gasteiger partial charge in [0.2, 0.25) is 0 Å². The molecule has 35 heavy (non-hydrogen) atoms. The largest absolute Gasteiger partial charge is 0.497 e. The van der Waals surface area contributed by atoms with Crippen LogP contribution in [0.25, 0.3) is 0 Å². The molecule has 186 valence electrons. The number of benzene rings is 3. The van der Waals surface area contributed by atoms with Gasteiger partial charge in [-0.2, -0.15) is 0 Å². The zero-order valence-electron chi connectivity index (χ0n) is 20.8. The van der Waals surface area contributed by atoms with Gasteiger partial charge in [-0.3, -0.25) is 4.90 Å². The van der Waals surface area contributed by atoms with E-state index < -0.39 is 6.10 Å². The van der Waals surface area contributed by atoms with Gasteiger partial charge in [-0.1, -0.05) is 48.5 Å². The number of anilines is 1. The highest BCUT2D eigenvalue weighted by Crippen LogP contribution is 2.22. The summed E-state index contributed by atoms with van der Waals surface area (Å²) in [5, 5.41) is 10.6. The highest BCUT2D eigenvalue weighted by atomic mass is 16.5. The van der Waals surface area contributed by atoms with Gasteiger partial charge in [0, 0.05) is 38.4 Å². The fourth-order valence-electron chi connectivity index (χ4n) is 4.65. The Morgan fingerprint density at radius 2 is 1.49 bits per heavy atom. The van der Waals surface area contributed by atoms with Crippen molar-refractivity contribution < 1.29 is 14.6 Å². The van der Waals surface area contributed by atoms with E-state index in [0.717, 1.165) is 63.4 Å². The summed E-state index contributed by atoms with van der Waals surface area (Å²) >= 11 is 0. The molecule has 0 aliphatic carbocycles. The molecule has 4 rings (SSSR count). The van der Waals surface area contributed by atoms with Crippen LogP contribution < -0.4 is 14.4 Å². The van der Waals surface area contributed by atoms with Gasteiger partial charge in [-0.05, 0) is 67.1 Å². The monoisotopic (exact) mass is 474 g/mol. The minimum absolute atomic E-state index is 0.321. The number of unbranched alkanes of at least 4 members (excludes halogenated alkanes) is 1. The van der Waals surface area contributed by atoms with Gasteiger partial charge in [0.15, 0.2) is 0 Å². The number of aliphatic hydroxyl groups is 1. The van der Waals surface area contributed by atoms with Crippen molar-refractivity contribution in [3.63, 3.8) is 0 Å². The van der Waals surface area contributed by atoms with Crippen molar-refractivity contribution in [2.75, 3.05) is 51.3 Å². The summed E-state index contributed by atoms with van der Waals surface area (Å²) in [6.45, 7) is 4.84.